The first kappa shape index (κ1) is 24.3. The molecule has 1 amide bonds. The average molecular weight is 445 g/mol. The maximum atomic E-state index is 12.1. The molecular weight excluding hydrogens is 416 g/mol. The second-order valence-electron chi connectivity index (χ2n) is 7.24. The van der Waals surface area contributed by atoms with Crippen molar-refractivity contribution in [3.8, 4) is 0 Å². The SMILES string of the molecule is C=CCNS(=O)(=O)c1ccc(C(=O)OCC(=O)NCCc2ccc(C(C)C)cc2)cc1. The number of hydrogen-bond acceptors (Lipinski definition) is 5. The monoisotopic (exact) mass is 444 g/mol. The Morgan fingerprint density at radius 3 is 2.29 bits per heavy atom. The molecule has 2 aromatic rings. The number of esters is 1. The molecule has 0 radical (unpaired) electrons. The Balaban J connectivity index is 1.77. The third-order valence-corrected chi connectivity index (χ3v) is 5.97. The van der Waals surface area contributed by atoms with E-state index in [1.54, 1.807) is 0 Å². The van der Waals surface area contributed by atoms with Crippen LogP contribution in [0, 0.1) is 0 Å². The predicted molar refractivity (Wildman–Crippen MR) is 119 cm³/mol. The first-order chi connectivity index (χ1) is 14.7. The zero-order valence-electron chi connectivity index (χ0n) is 17.8. The van der Waals surface area contributed by atoms with Gasteiger partial charge < -0.3 is 10.1 Å². The van der Waals surface area contributed by atoms with Crippen molar-refractivity contribution in [2.45, 2.75) is 31.1 Å². The van der Waals surface area contributed by atoms with Crippen molar-refractivity contribution in [2.24, 2.45) is 0 Å². The van der Waals surface area contributed by atoms with Crippen LogP contribution in [0.25, 0.3) is 0 Å². The number of ether oxygens (including phenoxy) is 1. The summed E-state index contributed by atoms with van der Waals surface area (Å²) in [6, 6.07) is 13.5. The standard InChI is InChI=1S/C23H28N2O5S/c1-4-14-25-31(28,29)21-11-9-20(10-12-21)23(27)30-16-22(26)24-15-13-18-5-7-19(8-6-18)17(2)3/h4-12,17,25H,1,13-16H2,2-3H3,(H,24,26). The smallest absolute Gasteiger partial charge is 0.338 e. The molecule has 0 aliphatic rings. The lowest BCUT2D eigenvalue weighted by molar-refractivity contribution is -0.124. The summed E-state index contributed by atoms with van der Waals surface area (Å²) in [6.07, 6.45) is 2.10. The summed E-state index contributed by atoms with van der Waals surface area (Å²) in [4.78, 5) is 24.0. The van der Waals surface area contributed by atoms with Crippen LogP contribution in [0.15, 0.2) is 66.1 Å². The number of benzene rings is 2. The number of carbonyl (C=O) groups excluding carboxylic acids is 2. The van der Waals surface area contributed by atoms with E-state index in [2.05, 4.69) is 42.6 Å². The van der Waals surface area contributed by atoms with Gasteiger partial charge in [0.1, 0.15) is 0 Å². The molecule has 0 heterocycles. The number of hydrogen-bond donors (Lipinski definition) is 2. The molecule has 0 unspecified atom stereocenters. The Morgan fingerprint density at radius 2 is 1.71 bits per heavy atom. The van der Waals surface area contributed by atoms with E-state index in [0.29, 0.717) is 18.9 Å². The number of nitrogens with one attached hydrogen (secondary N) is 2. The summed E-state index contributed by atoms with van der Waals surface area (Å²) in [6.45, 7) is 7.84. The molecule has 0 spiro atoms. The van der Waals surface area contributed by atoms with Gasteiger partial charge in [-0.3, -0.25) is 4.79 Å². The van der Waals surface area contributed by atoms with Crippen LogP contribution in [-0.4, -0.2) is 40.0 Å². The van der Waals surface area contributed by atoms with Crippen LogP contribution in [-0.2, 0) is 26.0 Å². The van der Waals surface area contributed by atoms with Gasteiger partial charge in [-0.05, 0) is 47.7 Å². The molecule has 0 saturated heterocycles. The molecule has 8 heteroatoms. The van der Waals surface area contributed by atoms with Crippen molar-refractivity contribution in [3.63, 3.8) is 0 Å². The van der Waals surface area contributed by atoms with E-state index in [9.17, 15) is 18.0 Å². The molecule has 0 aliphatic carbocycles. The highest BCUT2D eigenvalue weighted by molar-refractivity contribution is 7.89. The fourth-order valence-corrected chi connectivity index (χ4v) is 3.70. The second kappa shape index (κ2) is 11.4. The highest BCUT2D eigenvalue weighted by Crippen LogP contribution is 2.15. The third kappa shape index (κ3) is 7.66. The summed E-state index contributed by atoms with van der Waals surface area (Å²) in [7, 11) is -3.67. The van der Waals surface area contributed by atoms with Crippen molar-refractivity contribution in [3.05, 3.63) is 77.9 Å². The second-order valence-corrected chi connectivity index (χ2v) is 9.00. The molecule has 0 aliphatic heterocycles. The zero-order valence-corrected chi connectivity index (χ0v) is 18.6. The zero-order chi connectivity index (χ0) is 22.9. The first-order valence-corrected chi connectivity index (χ1v) is 11.4. The van der Waals surface area contributed by atoms with Gasteiger partial charge in [0.2, 0.25) is 10.0 Å². The summed E-state index contributed by atoms with van der Waals surface area (Å²) in [5.74, 6) is -0.639. The van der Waals surface area contributed by atoms with E-state index in [4.69, 9.17) is 4.74 Å². The summed E-state index contributed by atoms with van der Waals surface area (Å²) < 4.78 is 31.4. The Labute approximate surface area is 183 Å². The van der Waals surface area contributed by atoms with E-state index in [1.807, 2.05) is 12.1 Å². The van der Waals surface area contributed by atoms with Crippen molar-refractivity contribution in [1.82, 2.24) is 10.0 Å². The number of sulfonamides is 1. The maximum Gasteiger partial charge on any atom is 0.338 e. The van der Waals surface area contributed by atoms with E-state index in [0.717, 1.165) is 5.56 Å². The van der Waals surface area contributed by atoms with Gasteiger partial charge in [-0.2, -0.15) is 0 Å². The summed E-state index contributed by atoms with van der Waals surface area (Å²) in [5.41, 5.74) is 2.53. The molecule has 0 bridgehead atoms. The van der Waals surface area contributed by atoms with Crippen LogP contribution in [0.5, 0.6) is 0 Å². The minimum atomic E-state index is -3.67. The molecule has 2 rings (SSSR count). The van der Waals surface area contributed by atoms with E-state index < -0.39 is 28.5 Å². The molecule has 0 atom stereocenters. The molecule has 7 nitrogen and oxygen atoms in total. The molecule has 0 saturated carbocycles. The van der Waals surface area contributed by atoms with Crippen LogP contribution in [0.1, 0.15) is 41.3 Å². The van der Waals surface area contributed by atoms with E-state index in [1.165, 1.54) is 35.9 Å². The lowest BCUT2D eigenvalue weighted by Crippen LogP contribution is -2.30. The van der Waals surface area contributed by atoms with E-state index >= 15 is 0 Å². The van der Waals surface area contributed by atoms with Crippen LogP contribution in [0.2, 0.25) is 0 Å². The highest BCUT2D eigenvalue weighted by atomic mass is 32.2. The molecule has 2 N–H and O–H groups in total. The van der Waals surface area contributed by atoms with Gasteiger partial charge in [0, 0.05) is 13.1 Å². The van der Waals surface area contributed by atoms with Crippen molar-refractivity contribution >= 4 is 21.9 Å². The normalized spacial score (nSPS) is 11.2. The minimum Gasteiger partial charge on any atom is -0.452 e. The molecule has 0 aromatic heterocycles. The van der Waals surface area contributed by atoms with Gasteiger partial charge in [-0.1, -0.05) is 44.2 Å². The topological polar surface area (TPSA) is 102 Å². The minimum absolute atomic E-state index is 0.0186. The lowest BCUT2D eigenvalue weighted by atomic mass is 10.0. The summed E-state index contributed by atoms with van der Waals surface area (Å²) >= 11 is 0. The van der Waals surface area contributed by atoms with Crippen molar-refractivity contribution in [1.29, 1.82) is 0 Å². The fourth-order valence-electron chi connectivity index (χ4n) is 2.70. The van der Waals surface area contributed by atoms with Crippen LogP contribution >= 0.6 is 0 Å². The van der Waals surface area contributed by atoms with Gasteiger partial charge in [0.15, 0.2) is 6.61 Å². The van der Waals surface area contributed by atoms with Gasteiger partial charge in [-0.15, -0.1) is 6.58 Å². The largest absolute Gasteiger partial charge is 0.452 e. The Morgan fingerprint density at radius 1 is 1.06 bits per heavy atom. The number of carbonyl (C=O) groups is 2. The van der Waals surface area contributed by atoms with Crippen molar-refractivity contribution < 1.29 is 22.7 Å². The average Bonchev–Trinajstić information content (AvgIpc) is 2.76. The fraction of sp³-hybridized carbons (Fsp3) is 0.304. The Hall–Kier alpha value is -2.97. The highest BCUT2D eigenvalue weighted by Gasteiger charge is 2.15. The van der Waals surface area contributed by atoms with Crippen molar-refractivity contribution in [2.75, 3.05) is 19.7 Å². The predicted octanol–water partition coefficient (Wildman–Crippen LogP) is 2.79. The van der Waals surface area contributed by atoms with E-state index in [-0.39, 0.29) is 17.0 Å². The maximum absolute atomic E-state index is 12.1. The Kier molecular flexibility index (Phi) is 8.96. The lowest BCUT2D eigenvalue weighted by Gasteiger charge is -2.09. The quantitative estimate of drug-likeness (QED) is 0.410. The summed E-state index contributed by atoms with van der Waals surface area (Å²) in [5, 5.41) is 2.71. The van der Waals surface area contributed by atoms with Crippen LogP contribution < -0.4 is 10.0 Å². The molecule has 2 aromatic carbocycles. The van der Waals surface area contributed by atoms with Crippen LogP contribution in [0.3, 0.4) is 0 Å². The van der Waals surface area contributed by atoms with Gasteiger partial charge in [-0.25, -0.2) is 17.9 Å². The molecule has 31 heavy (non-hydrogen) atoms. The number of amides is 1. The molecule has 166 valence electrons. The Bertz CT molecular complexity index is 997. The molecular formula is C23H28N2O5S. The van der Waals surface area contributed by atoms with Crippen LogP contribution in [0.4, 0.5) is 0 Å². The van der Waals surface area contributed by atoms with Gasteiger partial charge in [0.25, 0.3) is 5.91 Å². The molecule has 0 fully saturated rings. The number of rotatable bonds is 11. The first-order valence-electron chi connectivity index (χ1n) is 9.96. The third-order valence-electron chi connectivity index (χ3n) is 4.53. The van der Waals surface area contributed by atoms with Gasteiger partial charge >= 0.3 is 5.97 Å². The van der Waals surface area contributed by atoms with Gasteiger partial charge in [0.05, 0.1) is 10.5 Å².